The van der Waals surface area contributed by atoms with Crippen LogP contribution in [0.25, 0.3) is 0 Å². The zero-order valence-corrected chi connectivity index (χ0v) is 12.1. The van der Waals surface area contributed by atoms with Crippen molar-refractivity contribution in [2.45, 2.75) is 32.9 Å². The lowest BCUT2D eigenvalue weighted by Crippen LogP contribution is -2.25. The molecule has 2 aromatic rings. The highest BCUT2D eigenvalue weighted by molar-refractivity contribution is 5.46. The molecule has 0 saturated carbocycles. The average molecular weight is 269 g/mol. The normalized spacial score (nSPS) is 10.5. The highest BCUT2D eigenvalue weighted by Gasteiger charge is 2.09. The fraction of sp³-hybridized carbons (Fsp3) is 0.353. The van der Waals surface area contributed by atoms with Crippen molar-refractivity contribution in [3.8, 4) is 0 Å². The Balaban J connectivity index is 2.19. The second-order valence-electron chi connectivity index (χ2n) is 4.92. The molecule has 0 aliphatic rings. The van der Waals surface area contributed by atoms with Crippen LogP contribution in [0.1, 0.15) is 31.0 Å². The second kappa shape index (κ2) is 7.65. The van der Waals surface area contributed by atoms with E-state index in [0.717, 1.165) is 18.8 Å². The fourth-order valence-electron chi connectivity index (χ4n) is 2.29. The number of benzene rings is 1. The van der Waals surface area contributed by atoms with Gasteiger partial charge in [0.05, 0.1) is 5.69 Å². The van der Waals surface area contributed by atoms with Crippen LogP contribution in [0.15, 0.2) is 48.7 Å². The molecule has 0 saturated heterocycles. The predicted octanol–water partition coefficient (Wildman–Crippen LogP) is 3.35. The highest BCUT2D eigenvalue weighted by atomic mass is 15.1. The Hall–Kier alpha value is -1.87. The van der Waals surface area contributed by atoms with Gasteiger partial charge in [-0.3, -0.25) is 4.98 Å². The van der Waals surface area contributed by atoms with Gasteiger partial charge < -0.3 is 10.6 Å². The molecule has 1 aromatic carbocycles. The molecule has 2 rings (SSSR count). The number of rotatable bonds is 7. The van der Waals surface area contributed by atoms with Crippen molar-refractivity contribution in [1.29, 1.82) is 0 Å². The predicted molar refractivity (Wildman–Crippen MR) is 84.5 cm³/mol. The Labute approximate surface area is 121 Å². The van der Waals surface area contributed by atoms with Crippen LogP contribution in [0.5, 0.6) is 0 Å². The first kappa shape index (κ1) is 14.5. The van der Waals surface area contributed by atoms with E-state index in [1.807, 2.05) is 12.3 Å². The number of hydrogen-bond acceptors (Lipinski definition) is 3. The van der Waals surface area contributed by atoms with Crippen molar-refractivity contribution in [3.05, 3.63) is 59.9 Å². The fourth-order valence-corrected chi connectivity index (χ4v) is 2.29. The van der Waals surface area contributed by atoms with Gasteiger partial charge in [0.1, 0.15) is 0 Å². The molecule has 3 nitrogen and oxygen atoms in total. The summed E-state index contributed by atoms with van der Waals surface area (Å²) in [5.41, 5.74) is 9.25. The summed E-state index contributed by atoms with van der Waals surface area (Å²) in [7, 11) is 0. The van der Waals surface area contributed by atoms with Gasteiger partial charge in [0.2, 0.25) is 0 Å². The van der Waals surface area contributed by atoms with E-state index in [0.29, 0.717) is 6.54 Å². The van der Waals surface area contributed by atoms with Gasteiger partial charge in [-0.05, 0) is 30.2 Å². The second-order valence-corrected chi connectivity index (χ2v) is 4.92. The maximum atomic E-state index is 5.78. The monoisotopic (exact) mass is 269 g/mol. The van der Waals surface area contributed by atoms with E-state index in [1.54, 1.807) is 0 Å². The molecule has 0 spiro atoms. The van der Waals surface area contributed by atoms with Gasteiger partial charge in [-0.1, -0.05) is 37.6 Å². The third kappa shape index (κ3) is 3.81. The number of anilines is 1. The van der Waals surface area contributed by atoms with Crippen LogP contribution in [-0.4, -0.2) is 11.5 Å². The third-order valence-corrected chi connectivity index (χ3v) is 3.44. The Kier molecular flexibility index (Phi) is 5.56. The Morgan fingerprint density at radius 1 is 1.10 bits per heavy atom. The van der Waals surface area contributed by atoms with Gasteiger partial charge in [-0.25, -0.2) is 0 Å². The van der Waals surface area contributed by atoms with Crippen molar-refractivity contribution in [1.82, 2.24) is 4.98 Å². The van der Waals surface area contributed by atoms with Crippen molar-refractivity contribution in [2.75, 3.05) is 11.4 Å². The Bertz CT molecular complexity index is 511. The minimum Gasteiger partial charge on any atom is -0.367 e. The SMILES string of the molecule is CCCCN(Cc1cccnc1CN)c1ccccc1. The first-order chi connectivity index (χ1) is 9.85. The zero-order valence-electron chi connectivity index (χ0n) is 12.1. The quantitative estimate of drug-likeness (QED) is 0.838. The maximum Gasteiger partial charge on any atom is 0.0589 e. The maximum absolute atomic E-state index is 5.78. The van der Waals surface area contributed by atoms with E-state index in [-0.39, 0.29) is 0 Å². The first-order valence-electron chi connectivity index (χ1n) is 7.28. The van der Waals surface area contributed by atoms with E-state index in [1.165, 1.54) is 24.1 Å². The molecule has 0 amide bonds. The molecule has 1 aromatic heterocycles. The topological polar surface area (TPSA) is 42.2 Å². The lowest BCUT2D eigenvalue weighted by Gasteiger charge is -2.25. The molecule has 2 N–H and O–H groups in total. The van der Waals surface area contributed by atoms with E-state index in [4.69, 9.17) is 5.73 Å². The van der Waals surface area contributed by atoms with Crippen molar-refractivity contribution in [3.63, 3.8) is 0 Å². The average Bonchev–Trinajstić information content (AvgIpc) is 2.52. The van der Waals surface area contributed by atoms with Crippen LogP contribution in [0.3, 0.4) is 0 Å². The van der Waals surface area contributed by atoms with E-state index < -0.39 is 0 Å². The molecule has 106 valence electrons. The molecule has 1 heterocycles. The number of para-hydroxylation sites is 1. The summed E-state index contributed by atoms with van der Waals surface area (Å²) in [6, 6.07) is 14.6. The lowest BCUT2D eigenvalue weighted by atomic mass is 10.1. The number of pyridine rings is 1. The third-order valence-electron chi connectivity index (χ3n) is 3.44. The van der Waals surface area contributed by atoms with Crippen LogP contribution in [0, 0.1) is 0 Å². The van der Waals surface area contributed by atoms with Gasteiger partial charge in [0.15, 0.2) is 0 Å². The molecular formula is C17H23N3. The van der Waals surface area contributed by atoms with Crippen LogP contribution in [-0.2, 0) is 13.1 Å². The van der Waals surface area contributed by atoms with E-state index >= 15 is 0 Å². The molecule has 20 heavy (non-hydrogen) atoms. The molecule has 3 heteroatoms. The number of unbranched alkanes of at least 4 members (excludes halogenated alkanes) is 1. The van der Waals surface area contributed by atoms with Gasteiger partial charge in [-0.15, -0.1) is 0 Å². The van der Waals surface area contributed by atoms with Crippen LogP contribution in [0.4, 0.5) is 5.69 Å². The highest BCUT2D eigenvalue weighted by Crippen LogP contribution is 2.18. The van der Waals surface area contributed by atoms with Crippen LogP contribution < -0.4 is 10.6 Å². The molecule has 0 bridgehead atoms. The molecule has 0 fully saturated rings. The summed E-state index contributed by atoms with van der Waals surface area (Å²) in [6.45, 7) is 4.63. The standard InChI is InChI=1S/C17H23N3/c1-2-3-12-20(16-9-5-4-6-10-16)14-15-8-7-11-19-17(15)13-18/h4-11H,2-3,12-14,18H2,1H3. The molecule has 0 aliphatic carbocycles. The largest absolute Gasteiger partial charge is 0.367 e. The zero-order chi connectivity index (χ0) is 14.2. The number of hydrogen-bond donors (Lipinski definition) is 1. The van der Waals surface area contributed by atoms with Gasteiger partial charge in [-0.2, -0.15) is 0 Å². The van der Waals surface area contributed by atoms with E-state index in [9.17, 15) is 0 Å². The van der Waals surface area contributed by atoms with Crippen LogP contribution in [0.2, 0.25) is 0 Å². The summed E-state index contributed by atoms with van der Waals surface area (Å²) in [5.74, 6) is 0. The number of nitrogens with two attached hydrogens (primary N) is 1. The lowest BCUT2D eigenvalue weighted by molar-refractivity contribution is 0.710. The van der Waals surface area contributed by atoms with Crippen molar-refractivity contribution in [2.24, 2.45) is 5.73 Å². The minimum absolute atomic E-state index is 0.493. The summed E-state index contributed by atoms with van der Waals surface area (Å²) in [4.78, 5) is 6.77. The van der Waals surface area contributed by atoms with Gasteiger partial charge >= 0.3 is 0 Å². The molecule has 0 unspecified atom stereocenters. The van der Waals surface area contributed by atoms with Crippen molar-refractivity contribution >= 4 is 5.69 Å². The minimum atomic E-state index is 0.493. The van der Waals surface area contributed by atoms with Crippen molar-refractivity contribution < 1.29 is 0 Å². The first-order valence-corrected chi connectivity index (χ1v) is 7.28. The summed E-state index contributed by atoms with van der Waals surface area (Å²) in [5, 5.41) is 0. The van der Waals surface area contributed by atoms with E-state index in [2.05, 4.69) is 53.2 Å². The molecular weight excluding hydrogens is 246 g/mol. The Morgan fingerprint density at radius 3 is 2.60 bits per heavy atom. The smallest absolute Gasteiger partial charge is 0.0589 e. The number of aromatic nitrogens is 1. The number of nitrogens with zero attached hydrogens (tertiary/aromatic N) is 2. The van der Waals surface area contributed by atoms with Gasteiger partial charge in [0, 0.05) is 31.5 Å². The van der Waals surface area contributed by atoms with Crippen LogP contribution >= 0.6 is 0 Å². The molecule has 0 atom stereocenters. The molecule has 0 aliphatic heterocycles. The van der Waals surface area contributed by atoms with Gasteiger partial charge in [0.25, 0.3) is 0 Å². The molecule has 0 radical (unpaired) electrons. The summed E-state index contributed by atoms with van der Waals surface area (Å²) in [6.07, 6.45) is 4.19. The summed E-state index contributed by atoms with van der Waals surface area (Å²) < 4.78 is 0. The summed E-state index contributed by atoms with van der Waals surface area (Å²) >= 11 is 0. The Morgan fingerprint density at radius 2 is 1.90 bits per heavy atom.